The van der Waals surface area contributed by atoms with Gasteiger partial charge in [-0.05, 0) is 75.6 Å². The monoisotopic (exact) mass is 552 g/mol. The van der Waals surface area contributed by atoms with Crippen LogP contribution in [0, 0.1) is 5.92 Å². The van der Waals surface area contributed by atoms with Crippen molar-refractivity contribution in [2.45, 2.75) is 52.5 Å². The van der Waals surface area contributed by atoms with Crippen molar-refractivity contribution in [3.05, 3.63) is 59.2 Å². The van der Waals surface area contributed by atoms with Crippen molar-refractivity contribution < 1.29 is 28.9 Å². The quantitative estimate of drug-likeness (QED) is 0.132. The number of aliphatic hydroxyl groups is 1. The van der Waals surface area contributed by atoms with E-state index in [0.29, 0.717) is 60.5 Å². The molecule has 218 valence electrons. The zero-order valence-electron chi connectivity index (χ0n) is 24.7. The maximum atomic E-state index is 13.4. The van der Waals surface area contributed by atoms with Crippen LogP contribution in [0.2, 0.25) is 0 Å². The number of unbranched alkanes of at least 4 members (excludes halogenated alkanes) is 1. The normalized spacial score (nSPS) is 16.7. The number of hydrogen-bond acceptors (Lipinski definition) is 7. The van der Waals surface area contributed by atoms with E-state index in [0.717, 1.165) is 25.8 Å². The van der Waals surface area contributed by atoms with Crippen molar-refractivity contribution in [2.75, 3.05) is 47.5 Å². The number of aliphatic hydroxyl groups excluding tert-OH is 1. The highest BCUT2D eigenvalue weighted by Crippen LogP contribution is 2.42. The molecule has 1 N–H and O–H groups in total. The molecule has 1 heterocycles. The van der Waals surface area contributed by atoms with Crippen molar-refractivity contribution in [3.8, 4) is 17.2 Å². The molecule has 2 aromatic carbocycles. The molecule has 1 fully saturated rings. The third kappa shape index (κ3) is 7.78. The number of ketones is 1. The first kappa shape index (κ1) is 31.0. The Hall–Kier alpha value is -3.52. The summed E-state index contributed by atoms with van der Waals surface area (Å²) < 4.78 is 17.4. The number of likely N-dealkylation sites (tertiary alicyclic amines) is 1. The molecule has 1 atom stereocenters. The molecule has 0 saturated carbocycles. The Morgan fingerprint density at radius 1 is 1.02 bits per heavy atom. The summed E-state index contributed by atoms with van der Waals surface area (Å²) in [5, 5.41) is 11.5. The van der Waals surface area contributed by atoms with E-state index in [1.165, 1.54) is 0 Å². The molecular weight excluding hydrogens is 508 g/mol. The number of ether oxygens (including phenoxy) is 3. The predicted molar refractivity (Wildman–Crippen MR) is 157 cm³/mol. The number of nitrogens with zero attached hydrogens (tertiary/aromatic N) is 2. The second-order valence-electron chi connectivity index (χ2n) is 10.8. The molecule has 0 bridgehead atoms. The van der Waals surface area contributed by atoms with Crippen molar-refractivity contribution in [3.63, 3.8) is 0 Å². The second-order valence-corrected chi connectivity index (χ2v) is 10.8. The first-order chi connectivity index (χ1) is 19.2. The molecule has 40 heavy (non-hydrogen) atoms. The van der Waals surface area contributed by atoms with Gasteiger partial charge in [0.05, 0.1) is 31.9 Å². The molecule has 0 aromatic heterocycles. The number of carbonyl (C=O) groups excluding carboxylic acids is 2. The minimum Gasteiger partial charge on any atom is -0.507 e. The van der Waals surface area contributed by atoms with Crippen LogP contribution in [0.1, 0.15) is 63.6 Å². The van der Waals surface area contributed by atoms with Crippen molar-refractivity contribution in [1.82, 2.24) is 9.80 Å². The minimum absolute atomic E-state index is 0.0519. The summed E-state index contributed by atoms with van der Waals surface area (Å²) in [6.07, 6.45) is 3.48. The molecule has 1 amide bonds. The van der Waals surface area contributed by atoms with Crippen LogP contribution in [0.25, 0.3) is 5.76 Å². The first-order valence-corrected chi connectivity index (χ1v) is 14.1. The van der Waals surface area contributed by atoms with Gasteiger partial charge in [-0.15, -0.1) is 0 Å². The number of rotatable bonds is 15. The van der Waals surface area contributed by atoms with E-state index in [1.54, 1.807) is 42.3 Å². The van der Waals surface area contributed by atoms with Crippen LogP contribution in [0.15, 0.2) is 48.0 Å². The van der Waals surface area contributed by atoms with Gasteiger partial charge in [-0.2, -0.15) is 0 Å². The third-order valence-corrected chi connectivity index (χ3v) is 6.87. The van der Waals surface area contributed by atoms with Crippen molar-refractivity contribution in [1.29, 1.82) is 0 Å². The number of benzene rings is 2. The predicted octanol–water partition coefficient (Wildman–Crippen LogP) is 5.67. The average Bonchev–Trinajstić information content (AvgIpc) is 3.17. The molecule has 8 heteroatoms. The van der Waals surface area contributed by atoms with E-state index in [1.807, 2.05) is 31.1 Å². The molecule has 3 rings (SSSR count). The smallest absolute Gasteiger partial charge is 0.295 e. The van der Waals surface area contributed by atoms with E-state index >= 15 is 0 Å². The molecular formula is C32H44N2O6. The van der Waals surface area contributed by atoms with Crippen LogP contribution in [0.4, 0.5) is 0 Å². The van der Waals surface area contributed by atoms with Gasteiger partial charge in [0.15, 0.2) is 11.5 Å². The summed E-state index contributed by atoms with van der Waals surface area (Å²) in [4.78, 5) is 30.3. The average molecular weight is 553 g/mol. The molecule has 2 aromatic rings. The van der Waals surface area contributed by atoms with Gasteiger partial charge in [-0.25, -0.2) is 0 Å². The van der Waals surface area contributed by atoms with Gasteiger partial charge >= 0.3 is 0 Å². The summed E-state index contributed by atoms with van der Waals surface area (Å²) in [6, 6.07) is 11.6. The fourth-order valence-electron chi connectivity index (χ4n) is 4.62. The van der Waals surface area contributed by atoms with Crippen LogP contribution in [-0.2, 0) is 9.59 Å². The van der Waals surface area contributed by atoms with Gasteiger partial charge < -0.3 is 29.1 Å². The summed E-state index contributed by atoms with van der Waals surface area (Å²) in [5.74, 6) is 0.634. The van der Waals surface area contributed by atoms with Gasteiger partial charge in [0.2, 0.25) is 0 Å². The van der Waals surface area contributed by atoms with E-state index in [4.69, 9.17) is 14.2 Å². The second kappa shape index (κ2) is 14.7. The Balaban J connectivity index is 2.05. The Kier molecular flexibility index (Phi) is 11.4. The number of carbonyl (C=O) groups is 2. The SMILES string of the molecule is CCCCOc1cccc(/C(O)=C2\C(=O)C(=O)N(CCCN(C)C)C2c2ccc(OCCC(C)C)c(OC)c2)c1. The largest absolute Gasteiger partial charge is 0.507 e. The highest BCUT2D eigenvalue weighted by Gasteiger charge is 2.46. The highest BCUT2D eigenvalue weighted by molar-refractivity contribution is 6.46. The van der Waals surface area contributed by atoms with Crippen LogP contribution in [0.5, 0.6) is 17.2 Å². The lowest BCUT2D eigenvalue weighted by atomic mass is 9.95. The topological polar surface area (TPSA) is 88.5 Å². The lowest BCUT2D eigenvalue weighted by Gasteiger charge is -2.26. The van der Waals surface area contributed by atoms with Gasteiger partial charge in [0.1, 0.15) is 11.5 Å². The van der Waals surface area contributed by atoms with Gasteiger partial charge in [-0.3, -0.25) is 9.59 Å². The molecule has 8 nitrogen and oxygen atoms in total. The third-order valence-electron chi connectivity index (χ3n) is 6.87. The Morgan fingerprint density at radius 2 is 1.80 bits per heavy atom. The molecule has 0 radical (unpaired) electrons. The minimum atomic E-state index is -0.773. The summed E-state index contributed by atoms with van der Waals surface area (Å²) in [7, 11) is 5.49. The van der Waals surface area contributed by atoms with Crippen molar-refractivity contribution in [2.24, 2.45) is 5.92 Å². The standard InChI is InChI=1S/C32H44N2O6/c1-7-8-18-39-25-12-9-11-24(20-25)30(35)28-29(34(32(37)31(28)36)17-10-16-33(4)5)23-13-14-26(27(21-23)38-6)40-19-15-22(2)3/h9,11-14,20-22,29,35H,7-8,10,15-19H2,1-6H3/b30-28+. The van der Waals surface area contributed by atoms with E-state index < -0.39 is 17.7 Å². The van der Waals surface area contributed by atoms with Crippen LogP contribution in [0.3, 0.4) is 0 Å². The Labute approximate surface area is 238 Å². The molecule has 1 aliphatic heterocycles. The molecule has 1 unspecified atom stereocenters. The number of Topliss-reactive ketones (excluding diaryl/α,β-unsaturated/α-hetero) is 1. The molecule has 0 aliphatic carbocycles. The van der Waals surface area contributed by atoms with Crippen LogP contribution >= 0.6 is 0 Å². The maximum absolute atomic E-state index is 13.4. The zero-order valence-corrected chi connectivity index (χ0v) is 24.7. The van der Waals surface area contributed by atoms with E-state index in [-0.39, 0.29) is 11.3 Å². The summed E-state index contributed by atoms with van der Waals surface area (Å²) >= 11 is 0. The van der Waals surface area contributed by atoms with Crippen LogP contribution in [-0.4, -0.2) is 74.1 Å². The number of hydrogen-bond donors (Lipinski definition) is 1. The highest BCUT2D eigenvalue weighted by atomic mass is 16.5. The fourth-order valence-corrected chi connectivity index (χ4v) is 4.62. The Morgan fingerprint density at radius 3 is 2.48 bits per heavy atom. The van der Waals surface area contributed by atoms with E-state index in [9.17, 15) is 14.7 Å². The van der Waals surface area contributed by atoms with Crippen molar-refractivity contribution >= 4 is 17.4 Å². The maximum Gasteiger partial charge on any atom is 0.295 e. The Bertz CT molecular complexity index is 1190. The molecule has 1 aliphatic rings. The number of methoxy groups -OCH3 is 1. The van der Waals surface area contributed by atoms with Gasteiger partial charge in [0.25, 0.3) is 11.7 Å². The van der Waals surface area contributed by atoms with Gasteiger partial charge in [0, 0.05) is 12.1 Å². The number of amides is 1. The lowest BCUT2D eigenvalue weighted by molar-refractivity contribution is -0.139. The van der Waals surface area contributed by atoms with E-state index in [2.05, 4.69) is 20.8 Å². The summed E-state index contributed by atoms with van der Waals surface area (Å²) in [6.45, 7) is 8.57. The lowest BCUT2D eigenvalue weighted by Crippen LogP contribution is -2.32. The fraction of sp³-hybridized carbons (Fsp3) is 0.500. The molecule has 0 spiro atoms. The molecule has 1 saturated heterocycles. The van der Waals surface area contributed by atoms with Gasteiger partial charge in [-0.1, -0.05) is 45.4 Å². The summed E-state index contributed by atoms with van der Waals surface area (Å²) in [5.41, 5.74) is 1.14. The first-order valence-electron chi connectivity index (χ1n) is 14.1. The van der Waals surface area contributed by atoms with Crippen LogP contribution < -0.4 is 14.2 Å². The zero-order chi connectivity index (χ0) is 29.2.